The van der Waals surface area contributed by atoms with Crippen molar-refractivity contribution in [3.8, 4) is 5.82 Å². The molecular formula is C20H21N3O4. The molecule has 0 aliphatic heterocycles. The van der Waals surface area contributed by atoms with Gasteiger partial charge in [-0.3, -0.25) is 14.2 Å². The average molecular weight is 367 g/mol. The molecular weight excluding hydrogens is 346 g/mol. The molecule has 1 amide bonds. The van der Waals surface area contributed by atoms with Crippen LogP contribution in [0.1, 0.15) is 39.0 Å². The van der Waals surface area contributed by atoms with Crippen LogP contribution in [0.4, 0.5) is 0 Å². The number of nitrogens with zero attached hydrogens (tertiary/aromatic N) is 2. The largest absolute Gasteiger partial charge is 0.481 e. The maximum absolute atomic E-state index is 12.7. The van der Waals surface area contributed by atoms with Crippen molar-refractivity contribution in [1.29, 1.82) is 0 Å². The lowest BCUT2D eigenvalue weighted by molar-refractivity contribution is -0.138. The van der Waals surface area contributed by atoms with Gasteiger partial charge < -0.3 is 14.9 Å². The first-order valence-corrected chi connectivity index (χ1v) is 8.57. The molecule has 0 spiro atoms. The smallest absolute Gasteiger partial charge is 0.312 e. The first-order chi connectivity index (χ1) is 12.9. The predicted molar refractivity (Wildman–Crippen MR) is 99.2 cm³/mol. The molecule has 2 heterocycles. The lowest BCUT2D eigenvalue weighted by atomic mass is 9.99. The molecule has 3 aromatic rings. The molecule has 7 nitrogen and oxygen atoms in total. The number of carbonyl (C=O) groups excluding carboxylic acids is 1. The molecule has 0 aliphatic carbocycles. The third-order valence-electron chi connectivity index (χ3n) is 4.49. The molecule has 1 unspecified atom stereocenters. The third kappa shape index (κ3) is 3.76. The van der Waals surface area contributed by atoms with E-state index in [1.54, 1.807) is 43.3 Å². The van der Waals surface area contributed by atoms with Gasteiger partial charge in [-0.15, -0.1) is 0 Å². The SMILES string of the molecule is Cc1cc(-n2c(C)cc(C(=O)NCC(C(=O)O)c3ccccc3)c2C)no1. The highest BCUT2D eigenvalue weighted by Gasteiger charge is 2.23. The molecule has 0 saturated heterocycles. The van der Waals surface area contributed by atoms with E-state index in [9.17, 15) is 14.7 Å². The molecule has 0 bridgehead atoms. The van der Waals surface area contributed by atoms with Gasteiger partial charge in [0.1, 0.15) is 5.76 Å². The van der Waals surface area contributed by atoms with E-state index in [4.69, 9.17) is 4.52 Å². The summed E-state index contributed by atoms with van der Waals surface area (Å²) in [5, 5.41) is 16.2. The first kappa shape index (κ1) is 18.4. The fourth-order valence-electron chi connectivity index (χ4n) is 3.13. The quantitative estimate of drug-likeness (QED) is 0.698. The number of rotatable bonds is 6. The molecule has 0 radical (unpaired) electrons. The summed E-state index contributed by atoms with van der Waals surface area (Å²) in [6.07, 6.45) is 0. The summed E-state index contributed by atoms with van der Waals surface area (Å²) in [5.74, 6) is -0.830. The fourth-order valence-corrected chi connectivity index (χ4v) is 3.13. The van der Waals surface area contributed by atoms with E-state index in [0.29, 0.717) is 28.4 Å². The zero-order valence-electron chi connectivity index (χ0n) is 15.4. The van der Waals surface area contributed by atoms with E-state index in [1.165, 1.54) is 0 Å². The monoisotopic (exact) mass is 367 g/mol. The second-order valence-electron chi connectivity index (χ2n) is 6.43. The van der Waals surface area contributed by atoms with Gasteiger partial charge in [0.25, 0.3) is 5.91 Å². The van der Waals surface area contributed by atoms with Crippen LogP contribution in [0.2, 0.25) is 0 Å². The van der Waals surface area contributed by atoms with Crippen LogP contribution in [0.25, 0.3) is 5.82 Å². The molecule has 1 aromatic carbocycles. The number of aliphatic carboxylic acids is 1. The van der Waals surface area contributed by atoms with Crippen molar-refractivity contribution < 1.29 is 19.2 Å². The van der Waals surface area contributed by atoms with Crippen molar-refractivity contribution in [2.45, 2.75) is 26.7 Å². The summed E-state index contributed by atoms with van der Waals surface area (Å²) < 4.78 is 6.95. The number of nitrogens with one attached hydrogen (secondary N) is 1. The molecule has 0 saturated carbocycles. The number of carboxylic acid groups (broad SMARTS) is 1. The van der Waals surface area contributed by atoms with Crippen LogP contribution in [-0.2, 0) is 4.79 Å². The number of carbonyl (C=O) groups is 2. The lowest BCUT2D eigenvalue weighted by Crippen LogP contribution is -2.32. The van der Waals surface area contributed by atoms with Gasteiger partial charge in [-0.25, -0.2) is 0 Å². The van der Waals surface area contributed by atoms with E-state index in [-0.39, 0.29) is 12.5 Å². The van der Waals surface area contributed by atoms with Crippen molar-refractivity contribution in [2.75, 3.05) is 6.54 Å². The summed E-state index contributed by atoms with van der Waals surface area (Å²) in [5.41, 5.74) is 2.67. The van der Waals surface area contributed by atoms with Crippen LogP contribution < -0.4 is 5.32 Å². The molecule has 27 heavy (non-hydrogen) atoms. The molecule has 2 N–H and O–H groups in total. The minimum Gasteiger partial charge on any atom is -0.481 e. The Kier molecular flexibility index (Phi) is 5.12. The van der Waals surface area contributed by atoms with Crippen LogP contribution in [0.15, 0.2) is 47.0 Å². The van der Waals surface area contributed by atoms with Crippen LogP contribution in [0.5, 0.6) is 0 Å². The maximum Gasteiger partial charge on any atom is 0.312 e. The average Bonchev–Trinajstić information content (AvgIpc) is 3.18. The summed E-state index contributed by atoms with van der Waals surface area (Å²) >= 11 is 0. The highest BCUT2D eigenvalue weighted by atomic mass is 16.5. The summed E-state index contributed by atoms with van der Waals surface area (Å²) in [6.45, 7) is 5.49. The number of aryl methyl sites for hydroxylation is 2. The van der Waals surface area contributed by atoms with Crippen LogP contribution in [0, 0.1) is 20.8 Å². The minimum absolute atomic E-state index is 0.00488. The number of aromatic nitrogens is 2. The number of carboxylic acids is 1. The Hall–Kier alpha value is -3.35. The van der Waals surface area contributed by atoms with Crippen molar-refractivity contribution >= 4 is 11.9 Å². The molecule has 3 rings (SSSR count). The van der Waals surface area contributed by atoms with E-state index in [1.807, 2.05) is 24.5 Å². The topological polar surface area (TPSA) is 97.4 Å². The molecule has 2 aromatic heterocycles. The highest BCUT2D eigenvalue weighted by Crippen LogP contribution is 2.21. The van der Waals surface area contributed by atoms with E-state index >= 15 is 0 Å². The zero-order valence-corrected chi connectivity index (χ0v) is 15.4. The molecule has 0 fully saturated rings. The number of hydrogen-bond donors (Lipinski definition) is 2. The Morgan fingerprint density at radius 2 is 1.89 bits per heavy atom. The van der Waals surface area contributed by atoms with Gasteiger partial charge >= 0.3 is 5.97 Å². The second-order valence-corrected chi connectivity index (χ2v) is 6.43. The molecule has 0 aliphatic rings. The van der Waals surface area contributed by atoms with E-state index in [2.05, 4.69) is 10.5 Å². The van der Waals surface area contributed by atoms with Crippen molar-refractivity contribution in [2.24, 2.45) is 0 Å². The van der Waals surface area contributed by atoms with Crippen molar-refractivity contribution in [3.05, 3.63) is 70.7 Å². The van der Waals surface area contributed by atoms with E-state index in [0.717, 1.165) is 5.69 Å². The maximum atomic E-state index is 12.7. The van der Waals surface area contributed by atoms with Crippen molar-refractivity contribution in [3.63, 3.8) is 0 Å². The van der Waals surface area contributed by atoms with Gasteiger partial charge in [0.05, 0.1) is 11.5 Å². The predicted octanol–water partition coefficient (Wildman–Crippen LogP) is 2.99. The number of hydrogen-bond acceptors (Lipinski definition) is 4. The normalized spacial score (nSPS) is 12.0. The molecule has 1 atom stereocenters. The fraction of sp³-hybridized carbons (Fsp3) is 0.250. The van der Waals surface area contributed by atoms with Crippen molar-refractivity contribution in [1.82, 2.24) is 15.0 Å². The minimum atomic E-state index is -0.981. The number of amides is 1. The Balaban J connectivity index is 1.79. The Bertz CT molecular complexity index is 973. The van der Waals surface area contributed by atoms with Crippen LogP contribution in [0.3, 0.4) is 0 Å². The summed E-state index contributed by atoms with van der Waals surface area (Å²) in [4.78, 5) is 24.3. The molecule has 7 heteroatoms. The first-order valence-electron chi connectivity index (χ1n) is 8.57. The zero-order chi connectivity index (χ0) is 19.6. The number of benzene rings is 1. The van der Waals surface area contributed by atoms with Crippen LogP contribution >= 0.6 is 0 Å². The second kappa shape index (κ2) is 7.49. The van der Waals surface area contributed by atoms with Crippen LogP contribution in [-0.4, -0.2) is 33.3 Å². The standard InChI is InChI=1S/C20H21N3O4/c1-12-9-16(14(3)23(12)18-10-13(2)27-22-18)19(24)21-11-17(20(25)26)15-7-5-4-6-8-15/h4-10,17H,11H2,1-3H3,(H,21,24)(H,25,26). The highest BCUT2D eigenvalue weighted by molar-refractivity contribution is 5.96. The van der Waals surface area contributed by atoms with Gasteiger partial charge in [0, 0.05) is 24.0 Å². The summed E-state index contributed by atoms with van der Waals surface area (Å²) in [6, 6.07) is 12.4. The van der Waals surface area contributed by atoms with Gasteiger partial charge in [-0.05, 0) is 32.4 Å². The van der Waals surface area contributed by atoms with E-state index < -0.39 is 11.9 Å². The third-order valence-corrected chi connectivity index (χ3v) is 4.49. The lowest BCUT2D eigenvalue weighted by Gasteiger charge is -2.14. The van der Waals surface area contributed by atoms with Gasteiger partial charge in [0.15, 0.2) is 5.82 Å². The van der Waals surface area contributed by atoms with Gasteiger partial charge in [0.2, 0.25) is 0 Å². The Labute approximate surface area is 156 Å². The molecule has 140 valence electrons. The van der Waals surface area contributed by atoms with Gasteiger partial charge in [-0.2, -0.15) is 0 Å². The Morgan fingerprint density at radius 3 is 2.48 bits per heavy atom. The Morgan fingerprint density at radius 1 is 1.19 bits per heavy atom. The summed E-state index contributed by atoms with van der Waals surface area (Å²) in [7, 11) is 0. The van der Waals surface area contributed by atoms with Gasteiger partial charge in [-0.1, -0.05) is 35.5 Å².